The predicted octanol–water partition coefficient (Wildman–Crippen LogP) is 1.94. The van der Waals surface area contributed by atoms with Gasteiger partial charge in [0.25, 0.3) is 0 Å². The van der Waals surface area contributed by atoms with Gasteiger partial charge in [0.15, 0.2) is 0 Å². The molecule has 2 saturated heterocycles. The van der Waals surface area contributed by atoms with E-state index in [9.17, 15) is 0 Å². The Hall–Kier alpha value is -0.0800. The zero-order valence-corrected chi connectivity index (χ0v) is 9.18. The Kier molecular flexibility index (Phi) is 1.97. The molecule has 0 spiro atoms. The van der Waals surface area contributed by atoms with Crippen molar-refractivity contribution in [2.45, 2.75) is 57.8 Å². The average Bonchev–Trinajstić information content (AvgIpc) is 2.62. The van der Waals surface area contributed by atoms with E-state index >= 15 is 0 Å². The molecule has 0 amide bonds. The summed E-state index contributed by atoms with van der Waals surface area (Å²) in [6.45, 7) is 6.95. The predicted molar refractivity (Wildman–Crippen MR) is 53.8 cm³/mol. The van der Waals surface area contributed by atoms with Gasteiger partial charge < -0.3 is 10.1 Å². The molecule has 1 N–H and O–H groups in total. The highest BCUT2D eigenvalue weighted by molar-refractivity contribution is 5.16. The fourth-order valence-electron chi connectivity index (χ4n) is 3.58. The van der Waals surface area contributed by atoms with Crippen molar-refractivity contribution in [2.75, 3.05) is 7.05 Å². The van der Waals surface area contributed by atoms with Crippen LogP contribution in [0.2, 0.25) is 0 Å². The fourth-order valence-corrected chi connectivity index (χ4v) is 3.58. The normalized spacial score (nSPS) is 47.1. The van der Waals surface area contributed by atoms with Crippen LogP contribution < -0.4 is 5.32 Å². The molecule has 0 saturated carbocycles. The van der Waals surface area contributed by atoms with E-state index in [1.807, 2.05) is 0 Å². The number of rotatable bonds is 2. The number of fused-ring (bicyclic) bond motifs is 2. The lowest BCUT2D eigenvalue weighted by atomic mass is 9.62. The summed E-state index contributed by atoms with van der Waals surface area (Å²) in [5.74, 6) is 0. The number of nitrogens with one attached hydrogen (secondary N) is 1. The van der Waals surface area contributed by atoms with Crippen LogP contribution in [0.1, 0.15) is 40.0 Å². The number of hydrogen-bond acceptors (Lipinski definition) is 2. The van der Waals surface area contributed by atoms with Crippen molar-refractivity contribution in [3.05, 3.63) is 0 Å². The molecule has 13 heavy (non-hydrogen) atoms. The van der Waals surface area contributed by atoms with Crippen LogP contribution >= 0.6 is 0 Å². The van der Waals surface area contributed by atoms with Gasteiger partial charge >= 0.3 is 0 Å². The third-order valence-electron chi connectivity index (χ3n) is 4.53. The minimum absolute atomic E-state index is 0.218. The lowest BCUT2D eigenvalue weighted by Gasteiger charge is -2.46. The first-order chi connectivity index (χ1) is 6.08. The third kappa shape index (κ3) is 0.909. The Bertz CT molecular complexity index is 208. The molecule has 2 aliphatic rings. The molecule has 76 valence electrons. The molecule has 0 aromatic carbocycles. The van der Waals surface area contributed by atoms with Crippen LogP contribution in [0, 0.1) is 5.41 Å². The van der Waals surface area contributed by atoms with Gasteiger partial charge in [-0.25, -0.2) is 0 Å². The molecule has 0 aromatic heterocycles. The van der Waals surface area contributed by atoms with Gasteiger partial charge in [-0.1, -0.05) is 20.8 Å². The van der Waals surface area contributed by atoms with E-state index in [1.165, 1.54) is 12.8 Å². The summed E-state index contributed by atoms with van der Waals surface area (Å²) >= 11 is 0. The van der Waals surface area contributed by atoms with Crippen molar-refractivity contribution < 1.29 is 4.74 Å². The lowest BCUT2D eigenvalue weighted by Crippen LogP contribution is -2.60. The van der Waals surface area contributed by atoms with Crippen LogP contribution in [0.4, 0.5) is 0 Å². The summed E-state index contributed by atoms with van der Waals surface area (Å²) in [4.78, 5) is 0. The minimum Gasteiger partial charge on any atom is -0.372 e. The zero-order chi connectivity index (χ0) is 9.69. The molecule has 0 radical (unpaired) electrons. The second-order valence-corrected chi connectivity index (χ2v) is 4.99. The van der Waals surface area contributed by atoms with E-state index in [1.54, 1.807) is 0 Å². The molecular weight excluding hydrogens is 162 g/mol. The molecule has 1 unspecified atom stereocenters. The van der Waals surface area contributed by atoms with Gasteiger partial charge in [0.2, 0.25) is 0 Å². The van der Waals surface area contributed by atoms with Gasteiger partial charge in [-0.15, -0.1) is 0 Å². The molecule has 2 nitrogen and oxygen atoms in total. The maximum absolute atomic E-state index is 6.02. The average molecular weight is 183 g/mol. The molecule has 3 atom stereocenters. The van der Waals surface area contributed by atoms with E-state index in [4.69, 9.17) is 4.74 Å². The minimum atomic E-state index is 0.218. The summed E-state index contributed by atoms with van der Waals surface area (Å²) < 4.78 is 6.02. The van der Waals surface area contributed by atoms with Gasteiger partial charge in [0, 0.05) is 5.41 Å². The van der Waals surface area contributed by atoms with Crippen molar-refractivity contribution in [2.24, 2.45) is 5.41 Å². The van der Waals surface area contributed by atoms with Crippen molar-refractivity contribution in [3.63, 3.8) is 0 Å². The van der Waals surface area contributed by atoms with Crippen LogP contribution in [-0.2, 0) is 4.74 Å². The summed E-state index contributed by atoms with van der Waals surface area (Å²) in [7, 11) is 2.08. The molecular formula is C11H21NO. The Morgan fingerprint density at radius 2 is 1.92 bits per heavy atom. The zero-order valence-electron chi connectivity index (χ0n) is 9.18. The van der Waals surface area contributed by atoms with Crippen LogP contribution in [0.15, 0.2) is 0 Å². The molecule has 2 bridgehead atoms. The Balaban J connectivity index is 2.36. The molecule has 2 rings (SSSR count). The van der Waals surface area contributed by atoms with E-state index in [0.29, 0.717) is 17.6 Å². The quantitative estimate of drug-likeness (QED) is 0.706. The monoisotopic (exact) mass is 183 g/mol. The Labute approximate surface area is 81.0 Å². The van der Waals surface area contributed by atoms with E-state index in [2.05, 4.69) is 33.1 Å². The standard InChI is InChI=1S/C11H21NO/c1-5-11(12-4)9-7-6-8(13-9)10(11,2)3/h8-9,12H,5-7H2,1-4H3/t8?,9-,11+/m0/s1. The molecule has 2 heteroatoms. The van der Waals surface area contributed by atoms with E-state index < -0.39 is 0 Å². The molecule has 2 fully saturated rings. The number of likely N-dealkylation sites (N-methyl/N-ethyl adjacent to an activating group) is 1. The third-order valence-corrected chi connectivity index (χ3v) is 4.53. The highest BCUT2D eigenvalue weighted by Crippen LogP contribution is 2.55. The van der Waals surface area contributed by atoms with Gasteiger partial charge in [-0.3, -0.25) is 0 Å². The van der Waals surface area contributed by atoms with Crippen molar-refractivity contribution in [1.29, 1.82) is 0 Å². The van der Waals surface area contributed by atoms with Crippen molar-refractivity contribution in [1.82, 2.24) is 5.32 Å². The summed E-state index contributed by atoms with van der Waals surface area (Å²) in [6.07, 6.45) is 4.58. The molecule has 2 heterocycles. The van der Waals surface area contributed by atoms with Crippen LogP contribution in [0.25, 0.3) is 0 Å². The number of ether oxygens (including phenoxy) is 1. The second-order valence-electron chi connectivity index (χ2n) is 4.99. The summed E-state index contributed by atoms with van der Waals surface area (Å²) in [5, 5.41) is 3.52. The topological polar surface area (TPSA) is 21.3 Å². The first-order valence-corrected chi connectivity index (χ1v) is 5.43. The highest BCUT2D eigenvalue weighted by Gasteiger charge is 2.62. The van der Waals surface area contributed by atoms with Crippen LogP contribution in [-0.4, -0.2) is 24.8 Å². The van der Waals surface area contributed by atoms with Gasteiger partial charge in [0.05, 0.1) is 17.7 Å². The van der Waals surface area contributed by atoms with Crippen molar-refractivity contribution in [3.8, 4) is 0 Å². The molecule has 0 aromatic rings. The molecule has 0 aliphatic carbocycles. The largest absolute Gasteiger partial charge is 0.372 e. The first-order valence-electron chi connectivity index (χ1n) is 5.43. The van der Waals surface area contributed by atoms with Gasteiger partial charge in [0.1, 0.15) is 0 Å². The Morgan fingerprint density at radius 3 is 2.23 bits per heavy atom. The van der Waals surface area contributed by atoms with Crippen LogP contribution in [0.5, 0.6) is 0 Å². The Morgan fingerprint density at radius 1 is 1.31 bits per heavy atom. The fraction of sp³-hybridized carbons (Fsp3) is 1.00. The number of hydrogen-bond donors (Lipinski definition) is 1. The SMILES string of the molecule is CC[C@@]1(NC)[C@@H]2CCC(O2)C1(C)C. The first kappa shape index (κ1) is 9.47. The van der Waals surface area contributed by atoms with Crippen LogP contribution in [0.3, 0.4) is 0 Å². The molecule has 2 aliphatic heterocycles. The maximum Gasteiger partial charge on any atom is 0.0767 e. The maximum atomic E-state index is 6.02. The van der Waals surface area contributed by atoms with E-state index in [-0.39, 0.29) is 5.54 Å². The second kappa shape index (κ2) is 2.71. The van der Waals surface area contributed by atoms with Crippen molar-refractivity contribution >= 4 is 0 Å². The smallest absolute Gasteiger partial charge is 0.0767 e. The van der Waals surface area contributed by atoms with Gasteiger partial charge in [-0.2, -0.15) is 0 Å². The highest BCUT2D eigenvalue weighted by atomic mass is 16.5. The summed E-state index contributed by atoms with van der Waals surface area (Å²) in [6, 6.07) is 0. The lowest BCUT2D eigenvalue weighted by molar-refractivity contribution is 0.0731. The van der Waals surface area contributed by atoms with E-state index in [0.717, 1.165) is 6.42 Å². The van der Waals surface area contributed by atoms with Gasteiger partial charge in [-0.05, 0) is 26.3 Å². The summed E-state index contributed by atoms with van der Waals surface area (Å²) in [5.41, 5.74) is 0.509.